The van der Waals surface area contributed by atoms with E-state index >= 15 is 0 Å². The van der Waals surface area contributed by atoms with Crippen molar-refractivity contribution in [2.24, 2.45) is 0 Å². The number of para-hydroxylation sites is 2. The van der Waals surface area contributed by atoms with Gasteiger partial charge in [-0.25, -0.2) is 19.9 Å². The number of aryl methyl sites for hydroxylation is 1. The van der Waals surface area contributed by atoms with Gasteiger partial charge in [0.15, 0.2) is 0 Å². The molecule has 61 heavy (non-hydrogen) atoms. The molecule has 290 valence electrons. The van der Waals surface area contributed by atoms with Crippen LogP contribution in [0.3, 0.4) is 0 Å². The summed E-state index contributed by atoms with van der Waals surface area (Å²) in [5, 5.41) is 6.67. The molecule has 0 atom stereocenters. The van der Waals surface area contributed by atoms with E-state index in [-0.39, 0.29) is 0 Å². The van der Waals surface area contributed by atoms with E-state index in [2.05, 4.69) is 118 Å². The molecule has 12 aromatic rings. The monoisotopic (exact) mass is 789 g/mol. The van der Waals surface area contributed by atoms with Crippen molar-refractivity contribution < 1.29 is 9.47 Å². The number of hydrogen-bond donors (Lipinski definition) is 0. The van der Waals surface area contributed by atoms with Crippen molar-refractivity contribution in [1.29, 1.82) is 0 Å². The average Bonchev–Trinajstić information content (AvgIpc) is 3.94. The van der Waals surface area contributed by atoms with Crippen molar-refractivity contribution in [3.05, 3.63) is 188 Å². The van der Waals surface area contributed by atoms with Crippen molar-refractivity contribution in [3.8, 4) is 40.6 Å². The van der Waals surface area contributed by atoms with Crippen LogP contribution in [-0.2, 0) is 6.42 Å². The van der Waals surface area contributed by atoms with Crippen LogP contribution >= 0.6 is 0 Å². The second kappa shape index (κ2) is 13.9. The quantitative estimate of drug-likeness (QED) is 0.152. The van der Waals surface area contributed by atoms with Gasteiger partial charge in [0.1, 0.15) is 34.6 Å². The van der Waals surface area contributed by atoms with E-state index in [0.717, 1.165) is 89.0 Å². The molecule has 0 amide bonds. The topological polar surface area (TPSA) is 84.8 Å². The molecule has 0 bridgehead atoms. The Hall–Kier alpha value is -8.30. The van der Waals surface area contributed by atoms with Gasteiger partial charge in [-0.05, 0) is 96.9 Å². The van der Waals surface area contributed by atoms with Crippen molar-refractivity contribution in [2.75, 3.05) is 0 Å². The fourth-order valence-corrected chi connectivity index (χ4v) is 8.73. The molecule has 9 nitrogen and oxygen atoms in total. The molecule has 12 rings (SSSR count). The summed E-state index contributed by atoms with van der Waals surface area (Å²) in [6, 6.07) is 53.6. The first-order valence-electron chi connectivity index (χ1n) is 20.3. The third kappa shape index (κ3) is 5.70. The van der Waals surface area contributed by atoms with Crippen LogP contribution in [0.2, 0.25) is 0 Å². The summed E-state index contributed by atoms with van der Waals surface area (Å²) in [5.74, 6) is 5.07. The Morgan fingerprint density at radius 3 is 1.15 bits per heavy atom. The summed E-state index contributed by atoms with van der Waals surface area (Å²) in [6.45, 7) is 2.10. The van der Waals surface area contributed by atoms with E-state index < -0.39 is 0 Å². The van der Waals surface area contributed by atoms with Crippen LogP contribution in [0.25, 0.3) is 83.0 Å². The van der Waals surface area contributed by atoms with E-state index in [4.69, 9.17) is 29.4 Å². The number of nitrogens with zero attached hydrogens (tertiary/aromatic N) is 7. The lowest BCUT2D eigenvalue weighted by Crippen LogP contribution is -2.01. The third-order valence-corrected chi connectivity index (χ3v) is 11.5. The minimum atomic E-state index is 0.564. The van der Waals surface area contributed by atoms with Gasteiger partial charge in [0.2, 0.25) is 5.95 Å². The van der Waals surface area contributed by atoms with Crippen molar-refractivity contribution >= 4 is 65.4 Å². The van der Waals surface area contributed by atoms with Crippen molar-refractivity contribution in [2.45, 2.75) is 13.3 Å². The maximum Gasteiger partial charge on any atom is 0.234 e. The fraction of sp³-hybridized carbons (Fsp3) is 0.0385. The number of pyridine rings is 2. The predicted molar refractivity (Wildman–Crippen MR) is 243 cm³/mol. The molecule has 6 heterocycles. The third-order valence-electron chi connectivity index (χ3n) is 11.5. The summed E-state index contributed by atoms with van der Waals surface area (Å²) in [5.41, 5.74) is 7.10. The van der Waals surface area contributed by atoms with E-state index in [1.807, 2.05) is 85.5 Å². The molecule has 0 fully saturated rings. The van der Waals surface area contributed by atoms with Crippen LogP contribution in [0.5, 0.6) is 23.0 Å². The number of hydrogen-bond acceptors (Lipinski definition) is 6. The van der Waals surface area contributed by atoms with Crippen LogP contribution in [0, 0.1) is 0 Å². The summed E-state index contributed by atoms with van der Waals surface area (Å²) in [4.78, 5) is 19.1. The Kier molecular flexibility index (Phi) is 7.92. The molecule has 0 saturated carbocycles. The zero-order valence-electron chi connectivity index (χ0n) is 33.0. The molecular formula is C52H35N7O2. The zero-order chi connectivity index (χ0) is 40.4. The van der Waals surface area contributed by atoms with Gasteiger partial charge in [-0.1, -0.05) is 55.5 Å². The summed E-state index contributed by atoms with van der Waals surface area (Å²) < 4.78 is 19.8. The molecule has 0 aliphatic rings. The highest BCUT2D eigenvalue weighted by atomic mass is 16.5. The SMILES string of the molecule is CCc1cnc(-n2c3cc(Oc4ccc5c6ccccc6n(-c6ccccn6)c5c4)ccc3c3ccc(Oc4ccc5c6ccccc6n(-c6ccccn6)c5c4)cc32)nc1. The minimum absolute atomic E-state index is 0.564. The molecule has 6 aromatic heterocycles. The number of aromatic nitrogens is 7. The number of fused-ring (bicyclic) bond motifs is 9. The maximum absolute atomic E-state index is 6.69. The standard InChI is InChI=1S/C52H35N7O2/c1-2-33-31-55-52(56-32-33)59-48-29-36(60-34-17-21-40-38-11-3-5-13-44(38)57(46(40)27-34)50-15-7-9-25-53-50)19-23-42(48)43-24-20-37(30-49(43)59)61-35-18-22-41-39-12-4-6-14-45(39)58(47(41)28-35)51-16-8-10-26-54-51/h3-32H,2H2,1H3. The van der Waals surface area contributed by atoms with Crippen LogP contribution in [0.4, 0.5) is 0 Å². The predicted octanol–water partition coefficient (Wildman–Crippen LogP) is 12.7. The van der Waals surface area contributed by atoms with Gasteiger partial charge in [0, 0.05) is 81.4 Å². The maximum atomic E-state index is 6.69. The molecule has 0 N–H and O–H groups in total. The van der Waals surface area contributed by atoms with E-state index in [1.165, 1.54) is 0 Å². The van der Waals surface area contributed by atoms with Crippen LogP contribution in [0.1, 0.15) is 12.5 Å². The van der Waals surface area contributed by atoms with Gasteiger partial charge in [-0.2, -0.15) is 0 Å². The second-order valence-electron chi connectivity index (χ2n) is 15.1. The fourth-order valence-electron chi connectivity index (χ4n) is 8.73. The Labute approximate surface area is 349 Å². The molecule has 6 aromatic carbocycles. The van der Waals surface area contributed by atoms with Gasteiger partial charge < -0.3 is 9.47 Å². The Bertz CT molecular complexity index is 3410. The van der Waals surface area contributed by atoms with Gasteiger partial charge >= 0.3 is 0 Å². The minimum Gasteiger partial charge on any atom is -0.457 e. The average molecular weight is 790 g/mol. The highest BCUT2D eigenvalue weighted by Gasteiger charge is 2.19. The molecule has 0 radical (unpaired) electrons. The zero-order valence-corrected chi connectivity index (χ0v) is 33.0. The molecule has 0 unspecified atom stereocenters. The second-order valence-corrected chi connectivity index (χ2v) is 15.1. The summed E-state index contributed by atoms with van der Waals surface area (Å²) >= 11 is 0. The van der Waals surface area contributed by atoms with E-state index in [0.29, 0.717) is 28.9 Å². The first-order valence-corrected chi connectivity index (χ1v) is 20.3. The van der Waals surface area contributed by atoms with Crippen LogP contribution in [0.15, 0.2) is 183 Å². The smallest absolute Gasteiger partial charge is 0.234 e. The molecule has 0 aliphatic heterocycles. The lowest BCUT2D eigenvalue weighted by Gasteiger charge is -2.11. The molecule has 0 saturated heterocycles. The largest absolute Gasteiger partial charge is 0.457 e. The Morgan fingerprint density at radius 2 is 0.754 bits per heavy atom. The van der Waals surface area contributed by atoms with Gasteiger partial charge in [-0.3, -0.25) is 13.7 Å². The van der Waals surface area contributed by atoms with Gasteiger partial charge in [-0.15, -0.1) is 0 Å². The van der Waals surface area contributed by atoms with Crippen molar-refractivity contribution in [3.63, 3.8) is 0 Å². The first-order chi connectivity index (χ1) is 30.2. The summed E-state index contributed by atoms with van der Waals surface area (Å²) in [6.07, 6.45) is 8.28. The number of benzene rings is 6. The van der Waals surface area contributed by atoms with Gasteiger partial charge in [0.05, 0.1) is 33.1 Å². The molecule has 9 heteroatoms. The summed E-state index contributed by atoms with van der Waals surface area (Å²) in [7, 11) is 0. The molecule has 0 spiro atoms. The normalized spacial score (nSPS) is 11.8. The van der Waals surface area contributed by atoms with Crippen molar-refractivity contribution in [1.82, 2.24) is 33.6 Å². The highest BCUT2D eigenvalue weighted by molar-refractivity contribution is 6.11. The van der Waals surface area contributed by atoms with Crippen LogP contribution < -0.4 is 9.47 Å². The van der Waals surface area contributed by atoms with Gasteiger partial charge in [0.25, 0.3) is 0 Å². The van der Waals surface area contributed by atoms with E-state index in [9.17, 15) is 0 Å². The lowest BCUT2D eigenvalue weighted by molar-refractivity contribution is 0.484. The number of ether oxygens (including phenoxy) is 2. The Morgan fingerprint density at radius 1 is 0.377 bits per heavy atom. The first kappa shape index (κ1) is 34.7. The number of rotatable bonds is 8. The highest BCUT2D eigenvalue weighted by Crippen LogP contribution is 2.40. The van der Waals surface area contributed by atoms with Crippen LogP contribution in [-0.4, -0.2) is 33.6 Å². The van der Waals surface area contributed by atoms with E-state index in [1.54, 1.807) is 0 Å². The lowest BCUT2D eigenvalue weighted by atomic mass is 10.1. The molecule has 0 aliphatic carbocycles. The molecular weight excluding hydrogens is 755 g/mol. The Balaban J connectivity index is 0.964.